The fourth-order valence-corrected chi connectivity index (χ4v) is 2.20. The van der Waals surface area contributed by atoms with Crippen molar-refractivity contribution in [3.8, 4) is 5.75 Å². The van der Waals surface area contributed by atoms with Crippen molar-refractivity contribution in [2.45, 2.75) is 13.8 Å². The van der Waals surface area contributed by atoms with Crippen molar-refractivity contribution in [2.75, 3.05) is 19.0 Å². The highest BCUT2D eigenvalue weighted by Gasteiger charge is 2.07. The number of ether oxygens (including phenoxy) is 2. The maximum absolute atomic E-state index is 11.9. The predicted molar refractivity (Wildman–Crippen MR) is 87.8 cm³/mol. The molecule has 2 aromatic rings. The van der Waals surface area contributed by atoms with Crippen molar-refractivity contribution in [1.29, 1.82) is 0 Å². The average Bonchev–Trinajstić information content (AvgIpc) is 2.51. The number of carbonyl (C=O) groups is 2. The summed E-state index contributed by atoms with van der Waals surface area (Å²) in [6.45, 7) is 3.84. The van der Waals surface area contributed by atoms with Crippen LogP contribution in [0.1, 0.15) is 21.5 Å². The quantitative estimate of drug-likeness (QED) is 0.861. The number of rotatable bonds is 5. The Bertz CT molecular complexity index is 687. The first kappa shape index (κ1) is 16.5. The van der Waals surface area contributed by atoms with Crippen LogP contribution in [-0.4, -0.2) is 25.6 Å². The van der Waals surface area contributed by atoms with Gasteiger partial charge in [0.1, 0.15) is 5.75 Å². The van der Waals surface area contributed by atoms with Crippen molar-refractivity contribution in [2.24, 2.45) is 0 Å². The van der Waals surface area contributed by atoms with Crippen LogP contribution in [0.2, 0.25) is 0 Å². The van der Waals surface area contributed by atoms with Crippen LogP contribution in [0.3, 0.4) is 0 Å². The third-order valence-corrected chi connectivity index (χ3v) is 3.15. The molecule has 0 aliphatic heterocycles. The van der Waals surface area contributed by atoms with Crippen molar-refractivity contribution in [1.82, 2.24) is 0 Å². The Morgan fingerprint density at radius 3 is 2.17 bits per heavy atom. The second-order valence-corrected chi connectivity index (χ2v) is 5.23. The van der Waals surface area contributed by atoms with Gasteiger partial charge in [0, 0.05) is 5.69 Å². The summed E-state index contributed by atoms with van der Waals surface area (Å²) >= 11 is 0. The molecule has 23 heavy (non-hydrogen) atoms. The van der Waals surface area contributed by atoms with Crippen LogP contribution in [0.4, 0.5) is 5.69 Å². The Labute approximate surface area is 135 Å². The molecule has 5 nitrogen and oxygen atoms in total. The normalized spacial score (nSPS) is 10.0. The van der Waals surface area contributed by atoms with E-state index in [1.807, 2.05) is 32.0 Å². The minimum absolute atomic E-state index is 0.107. The van der Waals surface area contributed by atoms with Gasteiger partial charge in [0.05, 0.1) is 12.7 Å². The van der Waals surface area contributed by atoms with E-state index in [2.05, 4.69) is 10.1 Å². The SMILES string of the molecule is COC(=O)c1ccc(OCC(=O)Nc2cc(C)cc(C)c2)cc1. The van der Waals surface area contributed by atoms with Gasteiger partial charge in [-0.05, 0) is 61.4 Å². The third kappa shape index (κ3) is 4.85. The molecule has 2 aromatic carbocycles. The molecule has 0 bridgehead atoms. The number of nitrogens with one attached hydrogen (secondary N) is 1. The zero-order valence-corrected chi connectivity index (χ0v) is 13.4. The highest BCUT2D eigenvalue weighted by atomic mass is 16.5. The van der Waals surface area contributed by atoms with E-state index in [-0.39, 0.29) is 12.5 Å². The van der Waals surface area contributed by atoms with Gasteiger partial charge in [0.25, 0.3) is 5.91 Å². The summed E-state index contributed by atoms with van der Waals surface area (Å²) in [5, 5.41) is 2.79. The fourth-order valence-electron chi connectivity index (χ4n) is 2.20. The third-order valence-electron chi connectivity index (χ3n) is 3.15. The van der Waals surface area contributed by atoms with Gasteiger partial charge < -0.3 is 14.8 Å². The summed E-state index contributed by atoms with van der Waals surface area (Å²) in [4.78, 5) is 23.2. The number of hydrogen-bond acceptors (Lipinski definition) is 4. The van der Waals surface area contributed by atoms with Gasteiger partial charge in [-0.2, -0.15) is 0 Å². The molecule has 0 aromatic heterocycles. The van der Waals surface area contributed by atoms with Gasteiger partial charge in [0.15, 0.2) is 6.61 Å². The van der Waals surface area contributed by atoms with Gasteiger partial charge in [-0.3, -0.25) is 4.79 Å². The standard InChI is InChI=1S/C18H19NO4/c1-12-8-13(2)10-15(9-12)19-17(20)11-23-16-6-4-14(5-7-16)18(21)22-3/h4-10H,11H2,1-3H3,(H,19,20). The molecule has 0 saturated carbocycles. The molecular formula is C18H19NO4. The van der Waals surface area contributed by atoms with Crippen LogP contribution in [0.25, 0.3) is 0 Å². The minimum Gasteiger partial charge on any atom is -0.484 e. The lowest BCUT2D eigenvalue weighted by atomic mass is 10.1. The van der Waals surface area contributed by atoms with E-state index >= 15 is 0 Å². The molecule has 5 heteroatoms. The topological polar surface area (TPSA) is 64.6 Å². The van der Waals surface area contributed by atoms with Crippen LogP contribution in [0, 0.1) is 13.8 Å². The second kappa shape index (κ2) is 7.45. The lowest BCUT2D eigenvalue weighted by molar-refractivity contribution is -0.118. The number of anilines is 1. The number of hydrogen-bond donors (Lipinski definition) is 1. The Morgan fingerprint density at radius 1 is 1.00 bits per heavy atom. The lowest BCUT2D eigenvalue weighted by Crippen LogP contribution is -2.20. The Hall–Kier alpha value is -2.82. The molecule has 1 amide bonds. The zero-order chi connectivity index (χ0) is 16.8. The molecule has 0 fully saturated rings. The van der Waals surface area contributed by atoms with E-state index in [4.69, 9.17) is 4.74 Å². The molecule has 0 heterocycles. The molecule has 1 N–H and O–H groups in total. The summed E-state index contributed by atoms with van der Waals surface area (Å²) in [6, 6.07) is 12.2. The monoisotopic (exact) mass is 313 g/mol. The van der Waals surface area contributed by atoms with Crippen LogP contribution in [0.5, 0.6) is 5.75 Å². The van der Waals surface area contributed by atoms with E-state index in [1.165, 1.54) is 7.11 Å². The molecule has 0 radical (unpaired) electrons. The predicted octanol–water partition coefficient (Wildman–Crippen LogP) is 3.11. The van der Waals surface area contributed by atoms with Gasteiger partial charge >= 0.3 is 5.97 Å². The summed E-state index contributed by atoms with van der Waals surface area (Å²) < 4.78 is 10.0. The van der Waals surface area contributed by atoms with E-state index in [0.717, 1.165) is 16.8 Å². The van der Waals surface area contributed by atoms with E-state index < -0.39 is 5.97 Å². The summed E-state index contributed by atoms with van der Waals surface area (Å²) in [6.07, 6.45) is 0. The molecule has 0 unspecified atom stereocenters. The molecule has 0 atom stereocenters. The van der Waals surface area contributed by atoms with Gasteiger partial charge in [-0.25, -0.2) is 4.79 Å². The first-order valence-electron chi connectivity index (χ1n) is 7.17. The zero-order valence-electron chi connectivity index (χ0n) is 13.4. The van der Waals surface area contributed by atoms with Gasteiger partial charge in [-0.15, -0.1) is 0 Å². The molecule has 0 spiro atoms. The van der Waals surface area contributed by atoms with Crippen molar-refractivity contribution >= 4 is 17.6 Å². The van der Waals surface area contributed by atoms with Crippen LogP contribution in [-0.2, 0) is 9.53 Å². The van der Waals surface area contributed by atoms with Gasteiger partial charge in [0.2, 0.25) is 0 Å². The highest BCUT2D eigenvalue weighted by Crippen LogP contribution is 2.15. The Morgan fingerprint density at radius 2 is 1.61 bits per heavy atom. The van der Waals surface area contributed by atoms with Crippen LogP contribution < -0.4 is 10.1 Å². The van der Waals surface area contributed by atoms with Crippen LogP contribution >= 0.6 is 0 Å². The fraction of sp³-hybridized carbons (Fsp3) is 0.222. The first-order chi connectivity index (χ1) is 11.0. The van der Waals surface area contributed by atoms with Crippen molar-refractivity contribution in [3.63, 3.8) is 0 Å². The number of aryl methyl sites for hydroxylation is 2. The molecule has 2 rings (SSSR count). The van der Waals surface area contributed by atoms with E-state index in [9.17, 15) is 9.59 Å². The number of amides is 1. The summed E-state index contributed by atoms with van der Waals surface area (Å²) in [5.74, 6) is -0.149. The molecule has 0 saturated heterocycles. The van der Waals surface area contributed by atoms with Gasteiger partial charge in [-0.1, -0.05) is 6.07 Å². The Balaban J connectivity index is 1.90. The minimum atomic E-state index is -0.413. The number of methoxy groups -OCH3 is 1. The molecular weight excluding hydrogens is 294 g/mol. The second-order valence-electron chi connectivity index (χ2n) is 5.23. The van der Waals surface area contributed by atoms with Crippen molar-refractivity contribution in [3.05, 3.63) is 59.2 Å². The number of benzene rings is 2. The largest absolute Gasteiger partial charge is 0.484 e. The smallest absolute Gasteiger partial charge is 0.337 e. The summed E-state index contributed by atoms with van der Waals surface area (Å²) in [5.41, 5.74) is 3.34. The Kier molecular flexibility index (Phi) is 5.36. The first-order valence-corrected chi connectivity index (χ1v) is 7.17. The number of carbonyl (C=O) groups excluding carboxylic acids is 2. The van der Waals surface area contributed by atoms with E-state index in [0.29, 0.717) is 11.3 Å². The summed E-state index contributed by atoms with van der Waals surface area (Å²) in [7, 11) is 1.32. The van der Waals surface area contributed by atoms with Crippen molar-refractivity contribution < 1.29 is 19.1 Å². The van der Waals surface area contributed by atoms with E-state index in [1.54, 1.807) is 24.3 Å². The average molecular weight is 313 g/mol. The maximum atomic E-state index is 11.9. The molecule has 0 aliphatic carbocycles. The highest BCUT2D eigenvalue weighted by molar-refractivity contribution is 5.92. The molecule has 0 aliphatic rings. The lowest BCUT2D eigenvalue weighted by Gasteiger charge is -2.09. The number of esters is 1. The maximum Gasteiger partial charge on any atom is 0.337 e. The molecule has 120 valence electrons. The van der Waals surface area contributed by atoms with Crippen LogP contribution in [0.15, 0.2) is 42.5 Å².